The normalized spacial score (nSPS) is 14.2. The third-order valence-corrected chi connectivity index (χ3v) is 0.628. The van der Waals surface area contributed by atoms with Gasteiger partial charge in [0.2, 0.25) is 5.75 Å². The van der Waals surface area contributed by atoms with Crippen LogP contribution in [0.2, 0.25) is 0 Å². The van der Waals surface area contributed by atoms with Crippen molar-refractivity contribution in [2.75, 3.05) is 0 Å². The van der Waals surface area contributed by atoms with E-state index in [2.05, 4.69) is 21.1 Å². The Kier molecular flexibility index (Phi) is 6.53. The summed E-state index contributed by atoms with van der Waals surface area (Å²) >= 11 is 4.52. The van der Waals surface area contributed by atoms with Crippen LogP contribution in [0.15, 0.2) is 0 Å². The molecule has 0 radical (unpaired) electrons. The highest BCUT2D eigenvalue weighted by molar-refractivity contribution is 6.18. The highest BCUT2D eigenvalue weighted by Gasteiger charge is 2.34. The second kappa shape index (κ2) is 5.46. The predicted molar refractivity (Wildman–Crippen MR) is 27.5 cm³/mol. The second-order valence-corrected chi connectivity index (χ2v) is 1.59. The molecule has 0 saturated carbocycles. The van der Waals surface area contributed by atoms with E-state index in [1.807, 2.05) is 0 Å². The first-order valence-corrected chi connectivity index (χ1v) is 2.57. The van der Waals surface area contributed by atoms with Crippen LogP contribution in [0.3, 0.4) is 0 Å². The minimum Gasteiger partial charge on any atom is -0.412 e. The van der Waals surface area contributed by atoms with Gasteiger partial charge in [-0.25, -0.2) is 4.74 Å². The molecule has 0 aliphatic rings. The summed E-state index contributed by atoms with van der Waals surface area (Å²) in [5.74, 6) is -2.52. The van der Waals surface area contributed by atoms with Crippen LogP contribution in [-0.2, 0) is 9.47 Å². The van der Waals surface area contributed by atoms with E-state index in [0.29, 0.717) is 0 Å². The number of rotatable bonds is 3. The summed E-state index contributed by atoms with van der Waals surface area (Å²) < 4.78 is 61.5. The molecular formula is C3H4ClF5O3. The lowest BCUT2D eigenvalue weighted by molar-refractivity contribution is -0.376. The first-order valence-electron chi connectivity index (χ1n) is 2.13. The molecule has 0 rings (SSSR count). The third-order valence-electron chi connectivity index (χ3n) is 0.436. The quantitative estimate of drug-likeness (QED) is 0.409. The van der Waals surface area contributed by atoms with Crippen molar-refractivity contribution in [3.05, 3.63) is 0 Å². The van der Waals surface area contributed by atoms with E-state index in [1.54, 1.807) is 0 Å². The van der Waals surface area contributed by atoms with Crippen LogP contribution in [-0.4, -0.2) is 24.2 Å². The van der Waals surface area contributed by atoms with E-state index in [0.717, 1.165) is 0 Å². The van der Waals surface area contributed by atoms with Gasteiger partial charge in [-0.3, -0.25) is 4.74 Å². The lowest BCUT2D eigenvalue weighted by atomic mass is 11.2. The van der Waals surface area contributed by atoms with E-state index >= 15 is 0 Å². The Labute approximate surface area is 68.3 Å². The Balaban J connectivity index is 0. The van der Waals surface area contributed by atoms with Crippen LogP contribution in [0.5, 0.6) is 0 Å². The van der Waals surface area contributed by atoms with Crippen LogP contribution in [0, 0.1) is 0 Å². The molecule has 0 saturated heterocycles. The first kappa shape index (κ1) is 14.3. The van der Waals surface area contributed by atoms with Gasteiger partial charge in [-0.15, -0.1) is 13.2 Å². The standard InChI is InChI=1S/C3H2ClF5O2.H2O/c4-1(10-2(5)6)11-3(7,8)9;/h1-2H;1H2. The summed E-state index contributed by atoms with van der Waals surface area (Å²) in [5.41, 5.74) is 0. The minimum atomic E-state index is -5.08. The molecule has 0 aromatic carbocycles. The summed E-state index contributed by atoms with van der Waals surface area (Å²) in [6, 6.07) is 0. The van der Waals surface area contributed by atoms with Crippen LogP contribution < -0.4 is 0 Å². The first-order chi connectivity index (χ1) is 4.81. The van der Waals surface area contributed by atoms with Gasteiger partial charge in [0, 0.05) is 0 Å². The lowest BCUT2D eigenvalue weighted by Gasteiger charge is -2.12. The van der Waals surface area contributed by atoms with Gasteiger partial charge < -0.3 is 5.48 Å². The highest BCUT2D eigenvalue weighted by Crippen LogP contribution is 2.21. The van der Waals surface area contributed by atoms with E-state index < -0.39 is 18.7 Å². The lowest BCUT2D eigenvalue weighted by Crippen LogP contribution is -2.23. The maximum absolute atomic E-state index is 11.1. The van der Waals surface area contributed by atoms with Crippen molar-refractivity contribution in [1.82, 2.24) is 0 Å². The maximum atomic E-state index is 11.1. The number of hydrogen-bond donors (Lipinski definition) is 0. The molecule has 0 aliphatic carbocycles. The summed E-state index contributed by atoms with van der Waals surface area (Å²) in [4.78, 5) is 0. The second-order valence-electron chi connectivity index (χ2n) is 1.23. The topological polar surface area (TPSA) is 50.0 Å². The molecule has 0 aliphatic heterocycles. The molecule has 1 atom stereocenters. The molecule has 0 heterocycles. The number of hydrogen-bond acceptors (Lipinski definition) is 2. The highest BCUT2D eigenvalue weighted by atomic mass is 35.5. The van der Waals surface area contributed by atoms with Crippen molar-refractivity contribution in [3.63, 3.8) is 0 Å². The molecule has 2 N–H and O–H groups in total. The summed E-state index contributed by atoms with van der Waals surface area (Å²) in [6.07, 6.45) is -5.08. The smallest absolute Gasteiger partial charge is 0.412 e. The van der Waals surface area contributed by atoms with Crippen molar-refractivity contribution >= 4 is 11.6 Å². The number of ether oxygens (including phenoxy) is 2. The van der Waals surface area contributed by atoms with E-state index in [9.17, 15) is 22.0 Å². The average Bonchev–Trinajstić information content (AvgIpc) is 1.53. The fourth-order valence-electron chi connectivity index (χ4n) is 0.214. The molecule has 3 nitrogen and oxygen atoms in total. The zero-order valence-electron chi connectivity index (χ0n) is 5.24. The monoisotopic (exact) mass is 218 g/mol. The molecule has 0 aromatic heterocycles. The fraction of sp³-hybridized carbons (Fsp3) is 1.00. The molecule has 1 unspecified atom stereocenters. The fourth-order valence-corrected chi connectivity index (χ4v) is 0.392. The Morgan fingerprint density at radius 3 is 1.83 bits per heavy atom. The van der Waals surface area contributed by atoms with Gasteiger partial charge in [0.25, 0.3) is 0 Å². The molecule has 76 valence electrons. The van der Waals surface area contributed by atoms with Crippen molar-refractivity contribution in [3.8, 4) is 0 Å². The molecule has 0 amide bonds. The Morgan fingerprint density at radius 1 is 1.17 bits per heavy atom. The largest absolute Gasteiger partial charge is 0.525 e. The van der Waals surface area contributed by atoms with Crippen LogP contribution in [0.1, 0.15) is 0 Å². The van der Waals surface area contributed by atoms with Crippen LogP contribution >= 0.6 is 11.6 Å². The van der Waals surface area contributed by atoms with Gasteiger partial charge in [0.05, 0.1) is 0 Å². The van der Waals surface area contributed by atoms with Gasteiger partial charge in [-0.1, -0.05) is 11.6 Å². The maximum Gasteiger partial charge on any atom is 0.525 e. The zero-order chi connectivity index (χ0) is 9.07. The molecule has 0 fully saturated rings. The van der Waals surface area contributed by atoms with Crippen molar-refractivity contribution in [2.45, 2.75) is 18.7 Å². The average molecular weight is 219 g/mol. The molecule has 12 heavy (non-hydrogen) atoms. The number of alkyl halides is 6. The van der Waals surface area contributed by atoms with Crippen LogP contribution in [0.25, 0.3) is 0 Å². The van der Waals surface area contributed by atoms with E-state index in [4.69, 9.17) is 0 Å². The summed E-state index contributed by atoms with van der Waals surface area (Å²) in [5, 5.41) is 0. The third kappa shape index (κ3) is 9.82. The van der Waals surface area contributed by atoms with Gasteiger partial charge in [0.15, 0.2) is 0 Å². The van der Waals surface area contributed by atoms with Gasteiger partial charge in [-0.05, 0) is 0 Å². The predicted octanol–water partition coefficient (Wildman–Crippen LogP) is 1.46. The summed E-state index contributed by atoms with van der Waals surface area (Å²) in [7, 11) is 0. The Hall–Kier alpha value is -0.180. The summed E-state index contributed by atoms with van der Waals surface area (Å²) in [6.45, 7) is -3.40. The van der Waals surface area contributed by atoms with Crippen molar-refractivity contribution in [1.29, 1.82) is 0 Å². The van der Waals surface area contributed by atoms with E-state index in [-0.39, 0.29) is 5.48 Å². The van der Waals surface area contributed by atoms with E-state index in [1.165, 1.54) is 0 Å². The Bertz CT molecular complexity index is 117. The number of halogens is 6. The van der Waals surface area contributed by atoms with Gasteiger partial charge >= 0.3 is 13.0 Å². The van der Waals surface area contributed by atoms with Crippen molar-refractivity contribution in [2.24, 2.45) is 0 Å². The molecule has 0 bridgehead atoms. The van der Waals surface area contributed by atoms with Crippen molar-refractivity contribution < 1.29 is 36.9 Å². The minimum absolute atomic E-state index is 0. The Morgan fingerprint density at radius 2 is 1.58 bits per heavy atom. The van der Waals surface area contributed by atoms with Gasteiger partial charge in [-0.2, -0.15) is 8.78 Å². The molecule has 0 spiro atoms. The molecule has 0 aromatic rings. The SMILES string of the molecule is FC(F)OC(Cl)OC(F)(F)F.O. The molecule has 9 heteroatoms. The zero-order valence-corrected chi connectivity index (χ0v) is 5.99. The van der Waals surface area contributed by atoms with Gasteiger partial charge in [0.1, 0.15) is 0 Å². The van der Waals surface area contributed by atoms with Crippen LogP contribution in [0.4, 0.5) is 22.0 Å². The molecular weight excluding hydrogens is 214 g/mol.